The van der Waals surface area contributed by atoms with Crippen molar-refractivity contribution < 1.29 is 9.53 Å². The Balaban J connectivity index is 1.87. The topological polar surface area (TPSA) is 55.3 Å². The highest BCUT2D eigenvalue weighted by molar-refractivity contribution is 5.89. The summed E-state index contributed by atoms with van der Waals surface area (Å²) < 4.78 is 5.16. The molecule has 3 heterocycles. The number of hydrogen-bond acceptors (Lipinski definition) is 5. The monoisotopic (exact) mass is 285 g/mol. The number of rotatable bonds is 3. The van der Waals surface area contributed by atoms with E-state index in [-0.39, 0.29) is 11.9 Å². The van der Waals surface area contributed by atoms with E-state index in [0.717, 1.165) is 36.0 Å². The van der Waals surface area contributed by atoms with Crippen LogP contribution in [0.1, 0.15) is 19.8 Å². The Morgan fingerprint density at radius 2 is 2.38 bits per heavy atom. The summed E-state index contributed by atoms with van der Waals surface area (Å²) in [6.45, 7) is 3.88. The number of carbonyl (C=O) groups excluding carboxylic acids is 1. The van der Waals surface area contributed by atoms with Crippen LogP contribution in [-0.4, -0.2) is 35.6 Å². The zero-order valence-electron chi connectivity index (χ0n) is 12.2. The van der Waals surface area contributed by atoms with Crippen LogP contribution >= 0.6 is 0 Å². The molecule has 0 spiro atoms. The van der Waals surface area contributed by atoms with Crippen LogP contribution in [0.25, 0.3) is 10.9 Å². The van der Waals surface area contributed by atoms with Crippen molar-refractivity contribution in [1.29, 1.82) is 0 Å². The fraction of sp³-hybridized carbons (Fsp3) is 0.438. The molecule has 1 fully saturated rings. The lowest BCUT2D eigenvalue weighted by molar-refractivity contribution is -0.148. The highest BCUT2D eigenvalue weighted by Crippen LogP contribution is 2.28. The lowest BCUT2D eigenvalue weighted by atomic mass is 9.97. The van der Waals surface area contributed by atoms with Crippen LogP contribution < -0.4 is 4.90 Å². The maximum absolute atomic E-state index is 12.0. The predicted octanol–water partition coefficient (Wildman–Crippen LogP) is 2.41. The van der Waals surface area contributed by atoms with Gasteiger partial charge in [0.1, 0.15) is 0 Å². The summed E-state index contributed by atoms with van der Waals surface area (Å²) in [6.07, 6.45) is 7.31. The van der Waals surface area contributed by atoms with Crippen molar-refractivity contribution in [2.24, 2.45) is 5.92 Å². The van der Waals surface area contributed by atoms with E-state index in [1.54, 1.807) is 6.20 Å². The molecule has 21 heavy (non-hydrogen) atoms. The number of piperidine rings is 1. The minimum Gasteiger partial charge on any atom is -0.466 e. The van der Waals surface area contributed by atoms with Crippen molar-refractivity contribution in [2.75, 3.05) is 24.6 Å². The fourth-order valence-corrected chi connectivity index (χ4v) is 2.87. The van der Waals surface area contributed by atoms with Gasteiger partial charge in [0, 0.05) is 30.9 Å². The molecule has 0 bridgehead atoms. The molecule has 0 aromatic carbocycles. The summed E-state index contributed by atoms with van der Waals surface area (Å²) in [5, 5.41) is 1.02. The summed E-state index contributed by atoms with van der Waals surface area (Å²) in [5.74, 6) is -0.152. The van der Waals surface area contributed by atoms with Gasteiger partial charge in [-0.1, -0.05) is 0 Å². The van der Waals surface area contributed by atoms with Crippen LogP contribution in [-0.2, 0) is 9.53 Å². The number of ether oxygens (including phenoxy) is 1. The molecule has 2 aromatic rings. The zero-order valence-corrected chi connectivity index (χ0v) is 12.2. The van der Waals surface area contributed by atoms with Gasteiger partial charge >= 0.3 is 5.97 Å². The number of hydrogen-bond donors (Lipinski definition) is 0. The number of carbonyl (C=O) groups is 1. The number of pyridine rings is 2. The van der Waals surface area contributed by atoms with Crippen molar-refractivity contribution in [2.45, 2.75) is 19.8 Å². The Bertz CT molecular complexity index is 639. The molecule has 1 aliphatic heterocycles. The van der Waals surface area contributed by atoms with Gasteiger partial charge in [0.2, 0.25) is 0 Å². The van der Waals surface area contributed by atoms with Crippen LogP contribution in [0.5, 0.6) is 0 Å². The number of anilines is 1. The van der Waals surface area contributed by atoms with Crippen LogP contribution in [0, 0.1) is 5.92 Å². The van der Waals surface area contributed by atoms with Gasteiger partial charge in [0.25, 0.3) is 0 Å². The minimum atomic E-state index is -0.0941. The first-order chi connectivity index (χ1) is 10.3. The second-order valence-electron chi connectivity index (χ2n) is 5.27. The van der Waals surface area contributed by atoms with Gasteiger partial charge in [-0.3, -0.25) is 14.8 Å². The average Bonchev–Trinajstić information content (AvgIpc) is 2.55. The predicted molar refractivity (Wildman–Crippen MR) is 81.1 cm³/mol. The number of nitrogens with zero attached hydrogens (tertiary/aromatic N) is 3. The first kappa shape index (κ1) is 13.8. The molecule has 2 aromatic heterocycles. The SMILES string of the molecule is CCOC(=O)C1CCCN(c2cncc3cccnc23)C1. The maximum atomic E-state index is 12.0. The third kappa shape index (κ3) is 2.82. The zero-order chi connectivity index (χ0) is 14.7. The Hall–Kier alpha value is -2.17. The third-order valence-electron chi connectivity index (χ3n) is 3.87. The quantitative estimate of drug-likeness (QED) is 0.811. The molecule has 1 atom stereocenters. The van der Waals surface area contributed by atoms with E-state index < -0.39 is 0 Å². The van der Waals surface area contributed by atoms with Gasteiger partial charge in [0.15, 0.2) is 0 Å². The second-order valence-corrected chi connectivity index (χ2v) is 5.27. The Morgan fingerprint density at radius 1 is 1.48 bits per heavy atom. The summed E-state index contributed by atoms with van der Waals surface area (Å²) in [4.78, 5) is 22.9. The van der Waals surface area contributed by atoms with Crippen LogP contribution in [0.2, 0.25) is 0 Å². The number of fused-ring (bicyclic) bond motifs is 1. The molecule has 0 amide bonds. The van der Waals surface area contributed by atoms with Gasteiger partial charge in [-0.15, -0.1) is 0 Å². The smallest absolute Gasteiger partial charge is 0.310 e. The molecular weight excluding hydrogens is 266 g/mol. The second kappa shape index (κ2) is 6.08. The van der Waals surface area contributed by atoms with Crippen LogP contribution in [0.15, 0.2) is 30.7 Å². The molecule has 0 radical (unpaired) electrons. The lowest BCUT2D eigenvalue weighted by Crippen LogP contribution is -2.39. The van der Waals surface area contributed by atoms with E-state index in [0.29, 0.717) is 13.2 Å². The van der Waals surface area contributed by atoms with Gasteiger partial charge in [-0.05, 0) is 31.9 Å². The Labute approximate surface area is 124 Å². The van der Waals surface area contributed by atoms with Crippen molar-refractivity contribution in [3.63, 3.8) is 0 Å². The summed E-state index contributed by atoms with van der Waals surface area (Å²) in [5.41, 5.74) is 1.94. The van der Waals surface area contributed by atoms with E-state index in [9.17, 15) is 4.79 Å². The Kier molecular flexibility index (Phi) is 3.99. The molecule has 110 valence electrons. The summed E-state index contributed by atoms with van der Waals surface area (Å²) in [6, 6.07) is 3.91. The third-order valence-corrected chi connectivity index (χ3v) is 3.87. The number of esters is 1. The van der Waals surface area contributed by atoms with Crippen molar-refractivity contribution in [3.05, 3.63) is 30.7 Å². The largest absolute Gasteiger partial charge is 0.466 e. The molecule has 1 saturated heterocycles. The maximum Gasteiger partial charge on any atom is 0.310 e. The highest BCUT2D eigenvalue weighted by atomic mass is 16.5. The molecule has 5 nitrogen and oxygen atoms in total. The van der Waals surface area contributed by atoms with Gasteiger partial charge in [0.05, 0.1) is 29.9 Å². The fourth-order valence-electron chi connectivity index (χ4n) is 2.87. The van der Waals surface area contributed by atoms with Gasteiger partial charge < -0.3 is 9.64 Å². The normalized spacial score (nSPS) is 18.7. The number of aromatic nitrogens is 2. The van der Waals surface area contributed by atoms with Crippen molar-refractivity contribution >= 4 is 22.6 Å². The van der Waals surface area contributed by atoms with E-state index in [4.69, 9.17) is 4.74 Å². The van der Waals surface area contributed by atoms with Gasteiger partial charge in [-0.25, -0.2) is 0 Å². The minimum absolute atomic E-state index is 0.0577. The summed E-state index contributed by atoms with van der Waals surface area (Å²) in [7, 11) is 0. The summed E-state index contributed by atoms with van der Waals surface area (Å²) >= 11 is 0. The van der Waals surface area contributed by atoms with E-state index >= 15 is 0 Å². The first-order valence-corrected chi connectivity index (χ1v) is 7.40. The van der Waals surface area contributed by atoms with E-state index in [1.807, 2.05) is 31.5 Å². The van der Waals surface area contributed by atoms with Crippen LogP contribution in [0.4, 0.5) is 5.69 Å². The Morgan fingerprint density at radius 3 is 3.24 bits per heavy atom. The molecular formula is C16H19N3O2. The average molecular weight is 285 g/mol. The standard InChI is InChI=1S/C16H19N3O2/c1-2-21-16(20)13-6-4-8-19(11-13)14-10-17-9-12-5-3-7-18-15(12)14/h3,5,7,9-10,13H,2,4,6,8,11H2,1H3. The first-order valence-electron chi connectivity index (χ1n) is 7.40. The van der Waals surface area contributed by atoms with E-state index in [2.05, 4.69) is 14.9 Å². The molecule has 1 unspecified atom stereocenters. The molecule has 3 rings (SSSR count). The van der Waals surface area contributed by atoms with Crippen LogP contribution in [0.3, 0.4) is 0 Å². The highest BCUT2D eigenvalue weighted by Gasteiger charge is 2.27. The molecule has 0 saturated carbocycles. The molecule has 1 aliphatic rings. The van der Waals surface area contributed by atoms with E-state index in [1.165, 1.54) is 0 Å². The van der Waals surface area contributed by atoms with Crippen molar-refractivity contribution in [1.82, 2.24) is 9.97 Å². The lowest BCUT2D eigenvalue weighted by Gasteiger charge is -2.33. The molecule has 5 heteroatoms. The van der Waals surface area contributed by atoms with Gasteiger partial charge in [-0.2, -0.15) is 0 Å². The molecule has 0 aliphatic carbocycles. The molecule has 0 N–H and O–H groups in total. The van der Waals surface area contributed by atoms with Crippen molar-refractivity contribution in [3.8, 4) is 0 Å².